The highest BCUT2D eigenvalue weighted by Gasteiger charge is 2.33. The number of carbonyl (C=O) groups excluding carboxylic acids is 4. The van der Waals surface area contributed by atoms with Crippen molar-refractivity contribution in [2.45, 2.75) is 44.4 Å². The Labute approximate surface area is 262 Å². The van der Waals surface area contributed by atoms with Crippen molar-refractivity contribution in [3.8, 4) is 0 Å². The SMILES string of the molecule is C[C@H]1C(=O)N[C@@H](Cc2ccccc2)C(=O)NCCN(Cc2cccnc2)CC(=O)N[C@@H](Cc2c[nH]c3ccccc23)C(=O)N1C. The molecule has 1 aliphatic rings. The summed E-state index contributed by atoms with van der Waals surface area (Å²) in [6.07, 6.45) is 5.77. The summed E-state index contributed by atoms with van der Waals surface area (Å²) in [5.74, 6) is -1.56. The molecule has 5 rings (SSSR count). The first-order valence-electron chi connectivity index (χ1n) is 15.1. The summed E-state index contributed by atoms with van der Waals surface area (Å²) in [7, 11) is 1.54. The van der Waals surface area contributed by atoms with Gasteiger partial charge in [-0.1, -0.05) is 54.6 Å². The first-order chi connectivity index (χ1) is 21.8. The van der Waals surface area contributed by atoms with Crippen LogP contribution in [0, 0.1) is 0 Å². The Morgan fingerprint density at radius 3 is 2.38 bits per heavy atom. The Morgan fingerprint density at radius 1 is 0.844 bits per heavy atom. The molecule has 0 radical (unpaired) electrons. The zero-order valence-corrected chi connectivity index (χ0v) is 25.5. The number of H-pyrrole nitrogens is 1. The van der Waals surface area contributed by atoms with Gasteiger partial charge in [-0.15, -0.1) is 0 Å². The summed E-state index contributed by atoms with van der Waals surface area (Å²) in [5, 5.41) is 9.71. The van der Waals surface area contributed by atoms with Crippen molar-refractivity contribution in [3.63, 3.8) is 0 Å². The molecule has 11 heteroatoms. The molecule has 1 aliphatic heterocycles. The van der Waals surface area contributed by atoms with Crippen molar-refractivity contribution >= 4 is 34.5 Å². The summed E-state index contributed by atoms with van der Waals surface area (Å²) < 4.78 is 0. The molecule has 2 aromatic heterocycles. The molecule has 11 nitrogen and oxygen atoms in total. The van der Waals surface area contributed by atoms with Gasteiger partial charge >= 0.3 is 0 Å². The maximum atomic E-state index is 14.0. The van der Waals surface area contributed by atoms with Crippen LogP contribution < -0.4 is 16.0 Å². The fraction of sp³-hybridized carbons (Fsp3) is 0.324. The largest absolute Gasteiger partial charge is 0.361 e. The van der Waals surface area contributed by atoms with E-state index in [1.165, 1.54) is 4.90 Å². The molecular formula is C34H39N7O4. The van der Waals surface area contributed by atoms with E-state index in [1.807, 2.05) is 77.8 Å². The lowest BCUT2D eigenvalue weighted by Gasteiger charge is -2.30. The first kappa shape index (κ1) is 31.4. The van der Waals surface area contributed by atoms with E-state index in [2.05, 4.69) is 25.9 Å². The minimum absolute atomic E-state index is 0.00762. The van der Waals surface area contributed by atoms with Crippen molar-refractivity contribution in [1.82, 2.24) is 35.7 Å². The van der Waals surface area contributed by atoms with Crippen molar-refractivity contribution < 1.29 is 19.2 Å². The number of aromatic amines is 1. The van der Waals surface area contributed by atoms with E-state index < -0.39 is 29.9 Å². The van der Waals surface area contributed by atoms with Crippen LogP contribution in [0.4, 0.5) is 0 Å². The smallest absolute Gasteiger partial charge is 0.245 e. The zero-order chi connectivity index (χ0) is 31.8. The number of nitrogens with zero attached hydrogens (tertiary/aromatic N) is 3. The molecule has 0 saturated carbocycles. The lowest BCUT2D eigenvalue weighted by Crippen LogP contribution is -2.57. The van der Waals surface area contributed by atoms with E-state index in [0.29, 0.717) is 13.1 Å². The number of carbonyl (C=O) groups is 4. The summed E-state index contributed by atoms with van der Waals surface area (Å²) >= 11 is 0. The lowest BCUT2D eigenvalue weighted by atomic mass is 10.0. The molecule has 1 saturated heterocycles. The minimum Gasteiger partial charge on any atom is -0.361 e. The van der Waals surface area contributed by atoms with Crippen LogP contribution in [0.25, 0.3) is 10.9 Å². The molecule has 0 bridgehead atoms. The van der Waals surface area contributed by atoms with Gasteiger partial charge in [-0.05, 0) is 35.7 Å². The quantitative estimate of drug-likeness (QED) is 0.263. The molecule has 45 heavy (non-hydrogen) atoms. The van der Waals surface area contributed by atoms with E-state index in [9.17, 15) is 19.2 Å². The second-order valence-corrected chi connectivity index (χ2v) is 11.4. The van der Waals surface area contributed by atoms with E-state index in [1.54, 1.807) is 26.4 Å². The van der Waals surface area contributed by atoms with Gasteiger partial charge in [-0.2, -0.15) is 0 Å². The highest BCUT2D eigenvalue weighted by molar-refractivity contribution is 5.95. The van der Waals surface area contributed by atoms with Crippen molar-refractivity contribution in [1.29, 1.82) is 0 Å². The number of fused-ring (bicyclic) bond motifs is 1. The topological polar surface area (TPSA) is 140 Å². The number of rotatable bonds is 6. The predicted molar refractivity (Wildman–Crippen MR) is 171 cm³/mol. The van der Waals surface area contributed by atoms with Crippen LogP contribution in [0.3, 0.4) is 0 Å². The normalized spacial score (nSPS) is 21.0. The number of likely N-dealkylation sites (N-methyl/N-ethyl adjacent to an activating group) is 1. The molecule has 234 valence electrons. The molecular weight excluding hydrogens is 570 g/mol. The van der Waals surface area contributed by atoms with Gasteiger partial charge < -0.3 is 25.8 Å². The number of hydrogen-bond donors (Lipinski definition) is 4. The van der Waals surface area contributed by atoms with Crippen LogP contribution >= 0.6 is 0 Å². The summed E-state index contributed by atoms with van der Waals surface area (Å²) in [5.41, 5.74) is 3.59. The first-order valence-corrected chi connectivity index (χ1v) is 15.1. The van der Waals surface area contributed by atoms with Crippen molar-refractivity contribution in [3.05, 3.63) is 102 Å². The highest BCUT2D eigenvalue weighted by atomic mass is 16.2. The monoisotopic (exact) mass is 609 g/mol. The third-order valence-electron chi connectivity index (χ3n) is 8.18. The third kappa shape index (κ3) is 8.12. The van der Waals surface area contributed by atoms with Gasteiger partial charge in [0.05, 0.1) is 6.54 Å². The third-order valence-corrected chi connectivity index (χ3v) is 8.18. The van der Waals surface area contributed by atoms with Crippen LogP contribution in [0.5, 0.6) is 0 Å². The maximum Gasteiger partial charge on any atom is 0.245 e. The van der Waals surface area contributed by atoms with Gasteiger partial charge in [0.2, 0.25) is 23.6 Å². The number of nitrogens with one attached hydrogen (secondary N) is 4. The minimum atomic E-state index is -0.929. The molecule has 4 N–H and O–H groups in total. The van der Waals surface area contributed by atoms with E-state index in [4.69, 9.17) is 0 Å². The number of amides is 4. The fourth-order valence-electron chi connectivity index (χ4n) is 5.55. The number of pyridine rings is 1. The molecule has 0 spiro atoms. The average Bonchev–Trinajstić information content (AvgIpc) is 3.46. The van der Waals surface area contributed by atoms with Crippen LogP contribution in [-0.2, 0) is 38.6 Å². The Balaban J connectivity index is 1.44. The Morgan fingerprint density at radius 2 is 1.60 bits per heavy atom. The molecule has 4 aromatic rings. The standard InChI is InChI=1S/C34H39N7O4/c1-23-32(43)39-29(17-24-9-4-3-5-10-24)33(44)36-15-16-41(21-25-11-8-14-35-19-25)22-31(42)38-30(34(45)40(23)2)18-26-20-37-28-13-7-6-12-27(26)28/h3-14,19-20,23,29-30,37H,15-18,21-22H2,1-2H3,(H,36,44)(H,38,42)(H,39,43)/t23-,29-,30-/m0/s1. The second kappa shape index (κ2) is 14.6. The summed E-state index contributed by atoms with van der Waals surface area (Å²) in [6.45, 7) is 2.63. The molecule has 0 unspecified atom stereocenters. The lowest BCUT2D eigenvalue weighted by molar-refractivity contribution is -0.142. The Hall–Kier alpha value is -5.03. The molecule has 1 fully saturated rings. The van der Waals surface area contributed by atoms with Gasteiger partial charge in [-0.25, -0.2) is 0 Å². The van der Waals surface area contributed by atoms with Crippen LogP contribution in [-0.4, -0.2) is 88.2 Å². The number of benzene rings is 2. The van der Waals surface area contributed by atoms with Gasteiger partial charge in [0.1, 0.15) is 18.1 Å². The van der Waals surface area contributed by atoms with Gasteiger partial charge in [-0.3, -0.25) is 29.1 Å². The van der Waals surface area contributed by atoms with Crippen LogP contribution in [0.2, 0.25) is 0 Å². The Kier molecular flexibility index (Phi) is 10.2. The van der Waals surface area contributed by atoms with Crippen molar-refractivity contribution in [2.75, 3.05) is 26.7 Å². The molecule has 2 aromatic carbocycles. The predicted octanol–water partition coefficient (Wildman–Crippen LogP) is 1.80. The summed E-state index contributed by atoms with van der Waals surface area (Å²) in [4.78, 5) is 65.0. The Bertz CT molecular complexity index is 1630. The molecule has 4 amide bonds. The fourth-order valence-corrected chi connectivity index (χ4v) is 5.55. The van der Waals surface area contributed by atoms with E-state index in [0.717, 1.165) is 27.6 Å². The number of hydrogen-bond acceptors (Lipinski definition) is 6. The van der Waals surface area contributed by atoms with Crippen LogP contribution in [0.1, 0.15) is 23.6 Å². The molecule has 3 heterocycles. The zero-order valence-electron chi connectivity index (χ0n) is 25.5. The number of para-hydroxylation sites is 1. The van der Waals surface area contributed by atoms with E-state index >= 15 is 0 Å². The van der Waals surface area contributed by atoms with Gasteiger partial charge in [0, 0.05) is 69.0 Å². The van der Waals surface area contributed by atoms with Crippen molar-refractivity contribution in [2.24, 2.45) is 0 Å². The van der Waals surface area contributed by atoms with Crippen LogP contribution in [0.15, 0.2) is 85.3 Å². The number of aromatic nitrogens is 2. The van der Waals surface area contributed by atoms with Gasteiger partial charge in [0.25, 0.3) is 0 Å². The van der Waals surface area contributed by atoms with Gasteiger partial charge in [0.15, 0.2) is 0 Å². The summed E-state index contributed by atoms with van der Waals surface area (Å²) in [6, 6.07) is 18.3. The average molecular weight is 610 g/mol. The molecule has 3 atom stereocenters. The maximum absolute atomic E-state index is 14.0. The van der Waals surface area contributed by atoms with E-state index in [-0.39, 0.29) is 37.7 Å². The second-order valence-electron chi connectivity index (χ2n) is 11.4. The molecule has 0 aliphatic carbocycles. The highest BCUT2D eigenvalue weighted by Crippen LogP contribution is 2.20.